The van der Waals surface area contributed by atoms with Crippen LogP contribution in [0.3, 0.4) is 0 Å². The van der Waals surface area contributed by atoms with Crippen LogP contribution in [0, 0.1) is 5.41 Å². The Labute approximate surface area is 74.6 Å². The first-order chi connectivity index (χ1) is 5.58. The third kappa shape index (κ3) is 1.29. The lowest BCUT2D eigenvalue weighted by Gasteiger charge is -2.39. The molecule has 0 aromatic heterocycles. The first-order valence-electron chi connectivity index (χ1n) is 4.49. The van der Waals surface area contributed by atoms with Crippen molar-refractivity contribution in [2.45, 2.75) is 33.0 Å². The largest absolute Gasteiger partial charge is 0.347 e. The molecule has 1 aliphatic rings. The van der Waals surface area contributed by atoms with Crippen LogP contribution in [0.4, 0.5) is 0 Å². The van der Waals surface area contributed by atoms with Crippen molar-refractivity contribution in [3.63, 3.8) is 0 Å². The molecule has 0 unspecified atom stereocenters. The third-order valence-electron chi connectivity index (χ3n) is 2.71. The van der Waals surface area contributed by atoms with Crippen LogP contribution in [0.15, 0.2) is 12.7 Å². The van der Waals surface area contributed by atoms with Crippen molar-refractivity contribution in [3.8, 4) is 0 Å². The summed E-state index contributed by atoms with van der Waals surface area (Å²) in [5.41, 5.74) is -0.113. The third-order valence-corrected chi connectivity index (χ3v) is 2.71. The summed E-state index contributed by atoms with van der Waals surface area (Å²) in [4.78, 5) is 0. The van der Waals surface area contributed by atoms with Gasteiger partial charge in [0.15, 0.2) is 5.79 Å². The van der Waals surface area contributed by atoms with E-state index in [2.05, 4.69) is 27.4 Å². The molecule has 0 bridgehead atoms. The highest BCUT2D eigenvalue weighted by molar-refractivity contribution is 5.00. The maximum absolute atomic E-state index is 5.65. The Kier molecular flexibility index (Phi) is 2.59. The van der Waals surface area contributed by atoms with E-state index in [9.17, 15) is 0 Å². The van der Waals surface area contributed by atoms with Crippen molar-refractivity contribution in [2.75, 3.05) is 13.2 Å². The fraction of sp³-hybridized carbons (Fsp3) is 0.800. The molecular weight excluding hydrogens is 152 g/mol. The van der Waals surface area contributed by atoms with E-state index in [0.717, 1.165) is 6.42 Å². The Morgan fingerprint density at radius 3 is 2.25 bits per heavy atom. The molecule has 1 aliphatic heterocycles. The lowest BCUT2D eigenvalue weighted by Crippen LogP contribution is -2.43. The predicted octanol–water partition coefficient (Wildman–Crippen LogP) is 2.35. The van der Waals surface area contributed by atoms with E-state index < -0.39 is 5.79 Å². The van der Waals surface area contributed by atoms with Crippen LogP contribution in [0.25, 0.3) is 0 Å². The Morgan fingerprint density at radius 2 is 1.92 bits per heavy atom. The summed E-state index contributed by atoms with van der Waals surface area (Å²) in [6, 6.07) is 0. The van der Waals surface area contributed by atoms with Gasteiger partial charge in [0.25, 0.3) is 0 Å². The standard InChI is InChI=1S/C10H18O2/c1-5-9(3,4)10(6-2)11-7-8-12-10/h5H,1,6-8H2,2-4H3. The maximum Gasteiger partial charge on any atom is 0.176 e. The molecule has 2 nitrogen and oxygen atoms in total. The van der Waals surface area contributed by atoms with Crippen molar-refractivity contribution in [3.05, 3.63) is 12.7 Å². The summed E-state index contributed by atoms with van der Waals surface area (Å²) in [5.74, 6) is -0.436. The fourth-order valence-electron chi connectivity index (χ4n) is 1.64. The zero-order valence-electron chi connectivity index (χ0n) is 8.22. The molecule has 0 saturated carbocycles. The lowest BCUT2D eigenvalue weighted by molar-refractivity contribution is -0.214. The van der Waals surface area contributed by atoms with Gasteiger partial charge >= 0.3 is 0 Å². The fourth-order valence-corrected chi connectivity index (χ4v) is 1.64. The minimum Gasteiger partial charge on any atom is -0.347 e. The van der Waals surface area contributed by atoms with Gasteiger partial charge in [0.05, 0.1) is 13.2 Å². The van der Waals surface area contributed by atoms with Crippen LogP contribution >= 0.6 is 0 Å². The van der Waals surface area contributed by atoms with Gasteiger partial charge in [-0.05, 0) is 6.42 Å². The first-order valence-corrected chi connectivity index (χ1v) is 4.49. The van der Waals surface area contributed by atoms with E-state index in [1.54, 1.807) is 0 Å². The molecule has 0 spiro atoms. The van der Waals surface area contributed by atoms with E-state index >= 15 is 0 Å². The van der Waals surface area contributed by atoms with Gasteiger partial charge in [-0.3, -0.25) is 0 Å². The first kappa shape index (κ1) is 9.75. The highest BCUT2D eigenvalue weighted by Gasteiger charge is 2.46. The van der Waals surface area contributed by atoms with Gasteiger partial charge in [0.1, 0.15) is 0 Å². The Morgan fingerprint density at radius 1 is 1.42 bits per heavy atom. The molecule has 0 aromatic carbocycles. The Bertz CT molecular complexity index is 167. The topological polar surface area (TPSA) is 18.5 Å². The average Bonchev–Trinajstić information content (AvgIpc) is 2.53. The van der Waals surface area contributed by atoms with Crippen molar-refractivity contribution < 1.29 is 9.47 Å². The van der Waals surface area contributed by atoms with Gasteiger partial charge in [0.2, 0.25) is 0 Å². The summed E-state index contributed by atoms with van der Waals surface area (Å²) in [6.07, 6.45) is 2.77. The van der Waals surface area contributed by atoms with Crippen LogP contribution in [0.5, 0.6) is 0 Å². The molecular formula is C10H18O2. The molecule has 2 heteroatoms. The number of ether oxygens (including phenoxy) is 2. The zero-order chi connectivity index (χ0) is 9.24. The van der Waals surface area contributed by atoms with E-state index in [1.165, 1.54) is 0 Å². The van der Waals surface area contributed by atoms with Gasteiger partial charge in [-0.15, -0.1) is 6.58 Å². The molecule has 1 fully saturated rings. The highest BCUT2D eigenvalue weighted by Crippen LogP contribution is 2.41. The average molecular weight is 170 g/mol. The van der Waals surface area contributed by atoms with Crippen LogP contribution < -0.4 is 0 Å². The summed E-state index contributed by atoms with van der Waals surface area (Å²) >= 11 is 0. The normalized spacial score (nSPS) is 22.6. The van der Waals surface area contributed by atoms with Crippen molar-refractivity contribution in [2.24, 2.45) is 5.41 Å². The Hall–Kier alpha value is -0.340. The lowest BCUT2D eigenvalue weighted by atomic mass is 9.82. The van der Waals surface area contributed by atoms with Crippen LogP contribution in [0.2, 0.25) is 0 Å². The molecule has 0 atom stereocenters. The molecule has 1 saturated heterocycles. The monoisotopic (exact) mass is 170 g/mol. The van der Waals surface area contributed by atoms with E-state index in [4.69, 9.17) is 9.47 Å². The summed E-state index contributed by atoms with van der Waals surface area (Å²) in [6.45, 7) is 11.5. The van der Waals surface area contributed by atoms with Crippen molar-refractivity contribution >= 4 is 0 Å². The SMILES string of the molecule is C=CC(C)(C)C1(CC)OCCO1. The Balaban J connectivity index is 2.85. The van der Waals surface area contributed by atoms with Crippen LogP contribution in [-0.4, -0.2) is 19.0 Å². The van der Waals surface area contributed by atoms with E-state index in [-0.39, 0.29) is 5.41 Å². The molecule has 12 heavy (non-hydrogen) atoms. The van der Waals surface area contributed by atoms with Crippen molar-refractivity contribution in [1.29, 1.82) is 0 Å². The number of hydrogen-bond acceptors (Lipinski definition) is 2. The molecule has 0 radical (unpaired) electrons. The summed E-state index contributed by atoms with van der Waals surface area (Å²) in [7, 11) is 0. The summed E-state index contributed by atoms with van der Waals surface area (Å²) in [5, 5.41) is 0. The quantitative estimate of drug-likeness (QED) is 0.605. The molecule has 0 N–H and O–H groups in total. The molecule has 0 amide bonds. The predicted molar refractivity (Wildman–Crippen MR) is 48.9 cm³/mol. The molecule has 1 heterocycles. The summed E-state index contributed by atoms with van der Waals surface area (Å²) < 4.78 is 11.3. The van der Waals surface area contributed by atoms with Gasteiger partial charge < -0.3 is 9.47 Å². The van der Waals surface area contributed by atoms with Crippen molar-refractivity contribution in [1.82, 2.24) is 0 Å². The second kappa shape index (κ2) is 3.19. The van der Waals surface area contributed by atoms with Gasteiger partial charge in [-0.1, -0.05) is 26.8 Å². The van der Waals surface area contributed by atoms with E-state index in [1.807, 2.05) is 6.08 Å². The second-order valence-electron chi connectivity index (χ2n) is 3.73. The molecule has 0 aliphatic carbocycles. The molecule has 0 aromatic rings. The van der Waals surface area contributed by atoms with Crippen LogP contribution in [-0.2, 0) is 9.47 Å². The van der Waals surface area contributed by atoms with Crippen LogP contribution in [0.1, 0.15) is 27.2 Å². The molecule has 1 rings (SSSR count). The second-order valence-corrected chi connectivity index (χ2v) is 3.73. The zero-order valence-corrected chi connectivity index (χ0v) is 8.22. The smallest absolute Gasteiger partial charge is 0.176 e. The number of hydrogen-bond donors (Lipinski definition) is 0. The minimum absolute atomic E-state index is 0.113. The maximum atomic E-state index is 5.65. The highest BCUT2D eigenvalue weighted by atomic mass is 16.7. The van der Waals surface area contributed by atoms with Gasteiger partial charge in [-0.25, -0.2) is 0 Å². The van der Waals surface area contributed by atoms with E-state index in [0.29, 0.717) is 13.2 Å². The minimum atomic E-state index is -0.436. The number of rotatable bonds is 3. The van der Waals surface area contributed by atoms with Gasteiger partial charge in [-0.2, -0.15) is 0 Å². The van der Waals surface area contributed by atoms with Gasteiger partial charge in [0, 0.05) is 5.41 Å². The molecule has 70 valence electrons.